The van der Waals surface area contributed by atoms with E-state index in [4.69, 9.17) is 16.7 Å². The first-order valence-electron chi connectivity index (χ1n) is 9.14. The summed E-state index contributed by atoms with van der Waals surface area (Å²) in [6.07, 6.45) is 0.598. The summed E-state index contributed by atoms with van der Waals surface area (Å²) in [7, 11) is -3.77. The molecule has 0 fully saturated rings. The Morgan fingerprint density at radius 2 is 2.00 bits per heavy atom. The Kier molecular flexibility index (Phi) is 6.09. The van der Waals surface area contributed by atoms with E-state index in [0.29, 0.717) is 24.5 Å². The van der Waals surface area contributed by atoms with Crippen molar-refractivity contribution in [2.45, 2.75) is 37.8 Å². The number of fused-ring (bicyclic) bond motifs is 1. The highest BCUT2D eigenvalue weighted by Gasteiger charge is 2.32. The molecule has 28 heavy (non-hydrogen) atoms. The number of likely N-dealkylation sites (N-methyl/N-ethyl adjacent to an activating group) is 1. The fourth-order valence-electron chi connectivity index (χ4n) is 3.58. The third-order valence-electron chi connectivity index (χ3n) is 5.02. The van der Waals surface area contributed by atoms with Crippen molar-refractivity contribution in [1.29, 1.82) is 0 Å². The minimum Gasteiger partial charge on any atom is -0.308 e. The van der Waals surface area contributed by atoms with E-state index in [2.05, 4.69) is 0 Å². The molecular weight excluding hydrogens is 398 g/mol. The Hall–Kier alpha value is -1.93. The van der Waals surface area contributed by atoms with Crippen molar-refractivity contribution in [3.8, 4) is 0 Å². The van der Waals surface area contributed by atoms with Crippen LogP contribution in [-0.4, -0.2) is 38.4 Å². The van der Waals surface area contributed by atoms with Crippen LogP contribution in [0.1, 0.15) is 25.0 Å². The van der Waals surface area contributed by atoms with Gasteiger partial charge in [-0.15, -0.1) is 0 Å². The van der Waals surface area contributed by atoms with Crippen LogP contribution in [0.15, 0.2) is 47.4 Å². The number of carbonyl (C=O) groups is 1. The highest BCUT2D eigenvalue weighted by molar-refractivity contribution is 7.89. The molecule has 2 N–H and O–H groups in total. The Bertz CT molecular complexity index is 994. The maximum atomic E-state index is 13.1. The number of nitrogens with two attached hydrogens (primary N) is 1. The normalized spacial score (nSPS) is 16.5. The van der Waals surface area contributed by atoms with Crippen LogP contribution >= 0.6 is 11.6 Å². The van der Waals surface area contributed by atoms with E-state index in [-0.39, 0.29) is 23.4 Å². The number of hydrogen-bond acceptors (Lipinski definition) is 4. The van der Waals surface area contributed by atoms with Gasteiger partial charge in [-0.25, -0.2) is 13.6 Å². The number of halogens is 1. The fourth-order valence-corrected chi connectivity index (χ4v) is 4.34. The molecule has 0 aliphatic carbocycles. The molecule has 0 saturated heterocycles. The first kappa shape index (κ1) is 20.8. The van der Waals surface area contributed by atoms with Crippen LogP contribution in [0.4, 0.5) is 5.69 Å². The molecule has 1 aliphatic rings. The lowest BCUT2D eigenvalue weighted by Gasteiger charge is -2.27. The van der Waals surface area contributed by atoms with E-state index < -0.39 is 10.0 Å². The molecular formula is C20H24ClN3O3S. The van der Waals surface area contributed by atoms with Crippen molar-refractivity contribution in [2.75, 3.05) is 18.0 Å². The maximum Gasteiger partial charge on any atom is 0.241 e. The second-order valence-electron chi connectivity index (χ2n) is 7.05. The largest absolute Gasteiger partial charge is 0.308 e. The van der Waals surface area contributed by atoms with Gasteiger partial charge in [0, 0.05) is 23.3 Å². The summed E-state index contributed by atoms with van der Waals surface area (Å²) in [6.45, 7) is 5.50. The standard InChI is InChI=1S/C20H24ClN3O3S/c1-3-23(12-15-6-4-5-7-18(15)21)13-20(25)24-14(2)10-16-11-17(28(22,26)27)8-9-19(16)24/h4-9,11,14H,3,10,12-13H2,1-2H3,(H2,22,26,27). The van der Waals surface area contributed by atoms with Gasteiger partial charge in [-0.3, -0.25) is 9.69 Å². The summed E-state index contributed by atoms with van der Waals surface area (Å²) in [5.41, 5.74) is 2.55. The lowest BCUT2D eigenvalue weighted by atomic mass is 10.1. The predicted octanol–water partition coefficient (Wildman–Crippen LogP) is 2.79. The predicted molar refractivity (Wildman–Crippen MR) is 111 cm³/mol. The number of primary sulfonamides is 1. The van der Waals surface area contributed by atoms with Crippen molar-refractivity contribution in [1.82, 2.24) is 4.90 Å². The number of sulfonamides is 1. The third-order valence-corrected chi connectivity index (χ3v) is 6.30. The smallest absolute Gasteiger partial charge is 0.241 e. The zero-order chi connectivity index (χ0) is 20.5. The minimum absolute atomic E-state index is 0.0245. The molecule has 1 heterocycles. The van der Waals surface area contributed by atoms with E-state index in [0.717, 1.165) is 16.8 Å². The topological polar surface area (TPSA) is 83.7 Å². The molecule has 1 atom stereocenters. The van der Waals surface area contributed by atoms with E-state index in [1.54, 1.807) is 17.0 Å². The third kappa shape index (κ3) is 4.38. The molecule has 8 heteroatoms. The van der Waals surface area contributed by atoms with Gasteiger partial charge in [0.1, 0.15) is 0 Å². The van der Waals surface area contributed by atoms with Crippen LogP contribution in [0.3, 0.4) is 0 Å². The first-order chi connectivity index (χ1) is 13.2. The quantitative estimate of drug-likeness (QED) is 0.777. The number of benzene rings is 2. The van der Waals surface area contributed by atoms with Crippen molar-refractivity contribution in [2.24, 2.45) is 5.14 Å². The molecule has 1 amide bonds. The Morgan fingerprint density at radius 1 is 1.29 bits per heavy atom. The number of nitrogens with zero attached hydrogens (tertiary/aromatic N) is 2. The molecule has 0 saturated carbocycles. The molecule has 0 aromatic heterocycles. The summed E-state index contributed by atoms with van der Waals surface area (Å²) in [4.78, 5) is 16.9. The highest BCUT2D eigenvalue weighted by atomic mass is 35.5. The van der Waals surface area contributed by atoms with Crippen molar-refractivity contribution >= 4 is 33.2 Å². The SMILES string of the molecule is CCN(CC(=O)N1c2ccc(S(N)(=O)=O)cc2CC1C)Cc1ccccc1Cl. The summed E-state index contributed by atoms with van der Waals surface area (Å²) < 4.78 is 23.2. The van der Waals surface area contributed by atoms with Gasteiger partial charge in [0.25, 0.3) is 0 Å². The summed E-state index contributed by atoms with van der Waals surface area (Å²) in [5.74, 6) is -0.0245. The maximum absolute atomic E-state index is 13.1. The van der Waals surface area contributed by atoms with Gasteiger partial charge in [-0.05, 0) is 55.3 Å². The van der Waals surface area contributed by atoms with Crippen LogP contribution in [0.5, 0.6) is 0 Å². The first-order valence-corrected chi connectivity index (χ1v) is 11.1. The van der Waals surface area contributed by atoms with Gasteiger partial charge < -0.3 is 4.90 Å². The second-order valence-corrected chi connectivity index (χ2v) is 9.02. The van der Waals surface area contributed by atoms with Crippen molar-refractivity contribution in [3.05, 3.63) is 58.6 Å². The van der Waals surface area contributed by atoms with Crippen molar-refractivity contribution in [3.63, 3.8) is 0 Å². The number of amides is 1. The molecule has 2 aromatic rings. The fraction of sp³-hybridized carbons (Fsp3) is 0.350. The minimum atomic E-state index is -3.77. The van der Waals surface area contributed by atoms with Crippen LogP contribution < -0.4 is 10.0 Å². The van der Waals surface area contributed by atoms with Crippen LogP contribution in [0.2, 0.25) is 5.02 Å². The Balaban J connectivity index is 1.78. The van der Waals surface area contributed by atoms with Crippen LogP contribution in [0, 0.1) is 0 Å². The summed E-state index contributed by atoms with van der Waals surface area (Å²) >= 11 is 6.25. The number of rotatable bonds is 6. The van der Waals surface area contributed by atoms with Gasteiger partial charge in [-0.1, -0.05) is 36.7 Å². The Labute approximate surface area is 170 Å². The monoisotopic (exact) mass is 421 g/mol. The van der Waals surface area contributed by atoms with E-state index in [9.17, 15) is 13.2 Å². The molecule has 2 aromatic carbocycles. The van der Waals surface area contributed by atoms with E-state index in [1.165, 1.54) is 6.07 Å². The zero-order valence-corrected chi connectivity index (χ0v) is 17.5. The van der Waals surface area contributed by atoms with Gasteiger partial charge >= 0.3 is 0 Å². The molecule has 3 rings (SSSR count). The van der Waals surface area contributed by atoms with E-state index in [1.807, 2.05) is 43.0 Å². The zero-order valence-electron chi connectivity index (χ0n) is 15.9. The molecule has 1 unspecified atom stereocenters. The number of anilines is 1. The van der Waals surface area contributed by atoms with Gasteiger partial charge in [0.2, 0.25) is 15.9 Å². The molecule has 150 valence electrons. The lowest BCUT2D eigenvalue weighted by Crippen LogP contribution is -2.43. The summed E-state index contributed by atoms with van der Waals surface area (Å²) in [6, 6.07) is 12.2. The van der Waals surface area contributed by atoms with Crippen LogP contribution in [0.25, 0.3) is 0 Å². The molecule has 0 spiro atoms. The number of hydrogen-bond donors (Lipinski definition) is 1. The van der Waals surface area contributed by atoms with E-state index >= 15 is 0 Å². The van der Waals surface area contributed by atoms with Crippen molar-refractivity contribution < 1.29 is 13.2 Å². The van der Waals surface area contributed by atoms with Gasteiger partial charge in [-0.2, -0.15) is 0 Å². The van der Waals surface area contributed by atoms with Gasteiger partial charge in [0.15, 0.2) is 0 Å². The number of carbonyl (C=O) groups excluding carboxylic acids is 1. The van der Waals surface area contributed by atoms with Crippen LogP contribution in [-0.2, 0) is 27.8 Å². The molecule has 0 radical (unpaired) electrons. The summed E-state index contributed by atoms with van der Waals surface area (Å²) in [5, 5.41) is 5.91. The second kappa shape index (κ2) is 8.21. The highest BCUT2D eigenvalue weighted by Crippen LogP contribution is 2.34. The lowest BCUT2D eigenvalue weighted by molar-refractivity contribution is -0.120. The molecule has 6 nitrogen and oxygen atoms in total. The average molecular weight is 422 g/mol. The van der Waals surface area contributed by atoms with Gasteiger partial charge in [0.05, 0.1) is 11.4 Å². The Morgan fingerprint density at radius 3 is 2.64 bits per heavy atom. The average Bonchev–Trinajstić information content (AvgIpc) is 2.97. The molecule has 0 bridgehead atoms. The molecule has 1 aliphatic heterocycles.